The Balaban J connectivity index is 2.06. The number of nitrogens with zero attached hydrogens (tertiary/aromatic N) is 1. The average molecular weight is 222 g/mol. The number of benzene rings is 1. The van der Waals surface area contributed by atoms with Crippen LogP contribution in [-0.4, -0.2) is 31.8 Å². The molecule has 1 heterocycles. The minimum Gasteiger partial charge on any atom is -0.497 e. The van der Waals surface area contributed by atoms with E-state index in [0.29, 0.717) is 6.04 Å². The maximum Gasteiger partial charge on any atom is 0.155 e. The summed E-state index contributed by atoms with van der Waals surface area (Å²) in [5.41, 5.74) is 1.11. The highest BCUT2D eigenvalue weighted by molar-refractivity contribution is 5.28. The van der Waals surface area contributed by atoms with E-state index in [9.17, 15) is 0 Å². The standard InChI is InChI=1S/C12H18N2O2/c1-9-8-13-12(16-14(9)2)10-4-6-11(15-3)7-5-10/h4-7,9,12-13H,8H2,1-3H3/t9-,12-/m0/s1. The van der Waals surface area contributed by atoms with E-state index >= 15 is 0 Å². The normalized spacial score (nSPS) is 26.7. The zero-order chi connectivity index (χ0) is 11.5. The predicted octanol–water partition coefficient (Wildman–Crippen LogP) is 1.55. The van der Waals surface area contributed by atoms with Crippen molar-refractivity contribution >= 4 is 0 Å². The van der Waals surface area contributed by atoms with Crippen molar-refractivity contribution in [3.05, 3.63) is 29.8 Å². The van der Waals surface area contributed by atoms with Crippen LogP contribution in [0.1, 0.15) is 18.7 Å². The van der Waals surface area contributed by atoms with Gasteiger partial charge in [0.15, 0.2) is 6.23 Å². The number of methoxy groups -OCH3 is 1. The largest absolute Gasteiger partial charge is 0.497 e. The fraction of sp³-hybridized carbons (Fsp3) is 0.500. The Morgan fingerprint density at radius 3 is 2.62 bits per heavy atom. The third-order valence-corrected chi connectivity index (χ3v) is 2.91. The van der Waals surface area contributed by atoms with Gasteiger partial charge >= 0.3 is 0 Å². The van der Waals surface area contributed by atoms with Crippen LogP contribution in [0, 0.1) is 0 Å². The van der Waals surface area contributed by atoms with Crippen LogP contribution in [0.3, 0.4) is 0 Å². The lowest BCUT2D eigenvalue weighted by Gasteiger charge is -2.35. The van der Waals surface area contributed by atoms with Gasteiger partial charge in [0.05, 0.1) is 7.11 Å². The van der Waals surface area contributed by atoms with Gasteiger partial charge in [-0.1, -0.05) is 12.1 Å². The van der Waals surface area contributed by atoms with Crippen LogP contribution in [0.4, 0.5) is 0 Å². The molecule has 1 aromatic carbocycles. The maximum absolute atomic E-state index is 5.74. The Morgan fingerprint density at radius 2 is 2.06 bits per heavy atom. The van der Waals surface area contributed by atoms with Gasteiger partial charge in [0.1, 0.15) is 5.75 Å². The molecule has 1 aliphatic heterocycles. The summed E-state index contributed by atoms with van der Waals surface area (Å²) < 4.78 is 5.12. The van der Waals surface area contributed by atoms with Crippen LogP contribution in [0.5, 0.6) is 5.75 Å². The second-order valence-electron chi connectivity index (χ2n) is 4.06. The van der Waals surface area contributed by atoms with Crippen LogP contribution >= 0.6 is 0 Å². The van der Waals surface area contributed by atoms with Crippen LogP contribution < -0.4 is 10.1 Å². The van der Waals surface area contributed by atoms with Gasteiger partial charge in [-0.15, -0.1) is 0 Å². The third kappa shape index (κ3) is 2.35. The highest BCUT2D eigenvalue weighted by atomic mass is 16.7. The molecule has 2 rings (SSSR count). The first-order valence-corrected chi connectivity index (χ1v) is 5.47. The zero-order valence-corrected chi connectivity index (χ0v) is 9.93. The molecule has 0 saturated carbocycles. The summed E-state index contributed by atoms with van der Waals surface area (Å²) in [7, 11) is 3.63. The predicted molar refractivity (Wildman–Crippen MR) is 62.0 cm³/mol. The fourth-order valence-corrected chi connectivity index (χ4v) is 1.67. The van der Waals surface area contributed by atoms with Crippen molar-refractivity contribution in [1.29, 1.82) is 0 Å². The third-order valence-electron chi connectivity index (χ3n) is 2.91. The first kappa shape index (κ1) is 11.4. The zero-order valence-electron chi connectivity index (χ0n) is 9.93. The Morgan fingerprint density at radius 1 is 1.38 bits per heavy atom. The molecule has 0 radical (unpaired) electrons. The van der Waals surface area contributed by atoms with Crippen LogP contribution in [0.25, 0.3) is 0 Å². The number of nitrogens with one attached hydrogen (secondary N) is 1. The van der Waals surface area contributed by atoms with E-state index in [1.165, 1.54) is 0 Å². The average Bonchev–Trinajstić information content (AvgIpc) is 2.33. The van der Waals surface area contributed by atoms with E-state index < -0.39 is 0 Å². The monoisotopic (exact) mass is 222 g/mol. The van der Waals surface area contributed by atoms with Crippen molar-refractivity contribution in [2.45, 2.75) is 19.2 Å². The molecule has 2 atom stereocenters. The van der Waals surface area contributed by atoms with Gasteiger partial charge in [-0.25, -0.2) is 0 Å². The number of rotatable bonds is 2. The first-order valence-electron chi connectivity index (χ1n) is 5.47. The van der Waals surface area contributed by atoms with Crippen LogP contribution in [0.2, 0.25) is 0 Å². The molecule has 0 aliphatic carbocycles. The summed E-state index contributed by atoms with van der Waals surface area (Å²) in [6.45, 7) is 3.05. The van der Waals surface area contributed by atoms with E-state index in [1.807, 2.05) is 36.4 Å². The lowest BCUT2D eigenvalue weighted by atomic mass is 10.1. The van der Waals surface area contributed by atoms with E-state index in [0.717, 1.165) is 17.9 Å². The molecule has 0 aromatic heterocycles. The van der Waals surface area contributed by atoms with Gasteiger partial charge in [-0.05, 0) is 24.6 Å². The Bertz CT molecular complexity index is 339. The molecule has 1 saturated heterocycles. The highest BCUT2D eigenvalue weighted by Gasteiger charge is 2.23. The second-order valence-corrected chi connectivity index (χ2v) is 4.06. The molecule has 88 valence electrons. The van der Waals surface area contributed by atoms with Crippen molar-refractivity contribution in [2.24, 2.45) is 0 Å². The summed E-state index contributed by atoms with van der Waals surface area (Å²) in [6.07, 6.45) is -0.0629. The molecule has 0 unspecified atom stereocenters. The molecule has 1 fully saturated rings. The van der Waals surface area contributed by atoms with Crippen molar-refractivity contribution in [1.82, 2.24) is 10.4 Å². The Kier molecular flexibility index (Phi) is 3.43. The summed E-state index contributed by atoms with van der Waals surface area (Å²) in [6, 6.07) is 8.31. The van der Waals surface area contributed by atoms with Crippen LogP contribution in [-0.2, 0) is 4.84 Å². The number of likely N-dealkylation sites (N-methyl/N-ethyl adjacent to an activating group) is 1. The van der Waals surface area contributed by atoms with Crippen molar-refractivity contribution < 1.29 is 9.57 Å². The summed E-state index contributed by atoms with van der Waals surface area (Å²) in [4.78, 5) is 5.74. The first-order chi connectivity index (χ1) is 7.70. The van der Waals surface area contributed by atoms with E-state index in [2.05, 4.69) is 12.2 Å². The molecule has 1 aromatic rings. The number of hydrogen-bond donors (Lipinski definition) is 1. The maximum atomic E-state index is 5.74. The van der Waals surface area contributed by atoms with Gasteiger partial charge in [0, 0.05) is 19.6 Å². The molecule has 1 N–H and O–H groups in total. The molecule has 0 amide bonds. The van der Waals surface area contributed by atoms with Gasteiger partial charge in [-0.3, -0.25) is 10.2 Å². The van der Waals surface area contributed by atoms with E-state index in [4.69, 9.17) is 9.57 Å². The van der Waals surface area contributed by atoms with Gasteiger partial charge in [-0.2, -0.15) is 5.06 Å². The minimum absolute atomic E-state index is 0.0629. The lowest BCUT2D eigenvalue weighted by Crippen LogP contribution is -2.47. The van der Waals surface area contributed by atoms with Crippen molar-refractivity contribution in [3.8, 4) is 5.75 Å². The van der Waals surface area contributed by atoms with Gasteiger partial charge in [0.2, 0.25) is 0 Å². The van der Waals surface area contributed by atoms with Crippen molar-refractivity contribution in [2.75, 3.05) is 20.7 Å². The summed E-state index contributed by atoms with van der Waals surface area (Å²) in [5, 5.41) is 5.24. The lowest BCUT2D eigenvalue weighted by molar-refractivity contribution is -0.238. The molecule has 1 aliphatic rings. The molecular formula is C12H18N2O2. The number of ether oxygens (including phenoxy) is 1. The van der Waals surface area contributed by atoms with Gasteiger partial charge < -0.3 is 4.74 Å². The SMILES string of the molecule is COc1ccc([C@H]2NC[C@H](C)N(C)O2)cc1. The summed E-state index contributed by atoms with van der Waals surface area (Å²) in [5.74, 6) is 0.862. The van der Waals surface area contributed by atoms with Gasteiger partial charge in [0.25, 0.3) is 0 Å². The number of hydrogen-bond acceptors (Lipinski definition) is 4. The highest BCUT2D eigenvalue weighted by Crippen LogP contribution is 2.22. The molecular weight excluding hydrogens is 204 g/mol. The topological polar surface area (TPSA) is 33.7 Å². The second kappa shape index (κ2) is 4.82. The molecule has 0 bridgehead atoms. The van der Waals surface area contributed by atoms with Crippen LogP contribution in [0.15, 0.2) is 24.3 Å². The van der Waals surface area contributed by atoms with E-state index in [1.54, 1.807) is 7.11 Å². The fourth-order valence-electron chi connectivity index (χ4n) is 1.67. The Labute approximate surface area is 96.1 Å². The van der Waals surface area contributed by atoms with Crippen molar-refractivity contribution in [3.63, 3.8) is 0 Å². The minimum atomic E-state index is -0.0629. The van der Waals surface area contributed by atoms with E-state index in [-0.39, 0.29) is 6.23 Å². The summed E-state index contributed by atoms with van der Waals surface area (Å²) >= 11 is 0. The smallest absolute Gasteiger partial charge is 0.155 e. The molecule has 4 nitrogen and oxygen atoms in total. The Hall–Kier alpha value is -1.10. The molecule has 4 heteroatoms. The molecule has 0 spiro atoms. The quantitative estimate of drug-likeness (QED) is 0.823. The molecule has 16 heavy (non-hydrogen) atoms. The number of hydroxylamine groups is 2.